The molecular weight excluding hydrogens is 162 g/mol. The maximum atomic E-state index is 9.32. The summed E-state index contributed by atoms with van der Waals surface area (Å²) >= 11 is 0. The number of aliphatic hydroxyl groups excluding tert-OH is 1. The van der Waals surface area contributed by atoms with E-state index in [1.54, 1.807) is 0 Å². The topological polar surface area (TPSA) is 32.3 Å². The van der Waals surface area contributed by atoms with Gasteiger partial charge in [-0.25, -0.2) is 0 Å². The Morgan fingerprint density at radius 1 is 1.31 bits per heavy atom. The first-order valence-corrected chi connectivity index (χ1v) is 5.57. The minimum atomic E-state index is 0.363. The van der Waals surface area contributed by atoms with Gasteiger partial charge in [0.1, 0.15) is 0 Å². The number of nitrogens with one attached hydrogen (secondary N) is 1. The summed E-state index contributed by atoms with van der Waals surface area (Å²) in [6.07, 6.45) is 3.80. The number of aliphatic hydroxyl groups is 1. The first-order chi connectivity index (χ1) is 6.25. The highest BCUT2D eigenvalue weighted by Gasteiger charge is 2.24. The SMILES string of the molecule is CC(C)C(CO)C1CCCNCC1. The van der Waals surface area contributed by atoms with Crippen LogP contribution in [0.3, 0.4) is 0 Å². The quantitative estimate of drug-likeness (QED) is 0.700. The van der Waals surface area contributed by atoms with Gasteiger partial charge < -0.3 is 10.4 Å². The molecule has 1 heterocycles. The fourth-order valence-corrected chi connectivity index (χ4v) is 2.38. The minimum Gasteiger partial charge on any atom is -0.396 e. The van der Waals surface area contributed by atoms with Gasteiger partial charge >= 0.3 is 0 Å². The summed E-state index contributed by atoms with van der Waals surface area (Å²) in [4.78, 5) is 0. The highest BCUT2D eigenvalue weighted by molar-refractivity contribution is 4.75. The molecule has 2 heteroatoms. The summed E-state index contributed by atoms with van der Waals surface area (Å²) in [6, 6.07) is 0. The summed E-state index contributed by atoms with van der Waals surface area (Å²) in [7, 11) is 0. The molecule has 1 aliphatic rings. The van der Waals surface area contributed by atoms with E-state index < -0.39 is 0 Å². The van der Waals surface area contributed by atoms with Crippen LogP contribution >= 0.6 is 0 Å². The third-order valence-electron chi connectivity index (χ3n) is 3.29. The standard InChI is InChI=1S/C11H23NO/c1-9(2)11(8-13)10-4-3-6-12-7-5-10/h9-13H,3-8H2,1-2H3. The summed E-state index contributed by atoms with van der Waals surface area (Å²) in [5.41, 5.74) is 0. The number of hydrogen-bond acceptors (Lipinski definition) is 2. The van der Waals surface area contributed by atoms with Crippen molar-refractivity contribution >= 4 is 0 Å². The molecule has 0 aromatic heterocycles. The Balaban J connectivity index is 2.45. The molecule has 0 amide bonds. The van der Waals surface area contributed by atoms with Gasteiger partial charge in [0, 0.05) is 6.61 Å². The van der Waals surface area contributed by atoms with E-state index in [0.29, 0.717) is 18.4 Å². The van der Waals surface area contributed by atoms with Crippen LogP contribution in [0.1, 0.15) is 33.1 Å². The maximum Gasteiger partial charge on any atom is 0.0464 e. The third kappa shape index (κ3) is 3.28. The lowest BCUT2D eigenvalue weighted by Crippen LogP contribution is -2.25. The second-order valence-corrected chi connectivity index (χ2v) is 4.53. The monoisotopic (exact) mass is 185 g/mol. The van der Waals surface area contributed by atoms with Crippen LogP contribution in [0, 0.1) is 17.8 Å². The lowest BCUT2D eigenvalue weighted by atomic mass is 9.80. The maximum absolute atomic E-state index is 9.32. The molecule has 2 N–H and O–H groups in total. The molecule has 0 aliphatic carbocycles. The summed E-state index contributed by atoms with van der Waals surface area (Å²) in [6.45, 7) is 7.10. The lowest BCUT2D eigenvalue weighted by molar-refractivity contribution is 0.127. The summed E-state index contributed by atoms with van der Waals surface area (Å²) in [5.74, 6) is 1.87. The van der Waals surface area contributed by atoms with Crippen LogP contribution < -0.4 is 5.32 Å². The molecule has 13 heavy (non-hydrogen) atoms. The molecular formula is C11H23NO. The molecule has 0 bridgehead atoms. The van der Waals surface area contributed by atoms with Crippen molar-refractivity contribution in [2.24, 2.45) is 17.8 Å². The zero-order valence-electron chi connectivity index (χ0n) is 8.92. The van der Waals surface area contributed by atoms with Crippen molar-refractivity contribution in [3.8, 4) is 0 Å². The van der Waals surface area contributed by atoms with Gasteiger partial charge in [0.25, 0.3) is 0 Å². The van der Waals surface area contributed by atoms with Crippen molar-refractivity contribution in [3.05, 3.63) is 0 Å². The molecule has 0 aromatic rings. The van der Waals surface area contributed by atoms with Gasteiger partial charge in [-0.2, -0.15) is 0 Å². The van der Waals surface area contributed by atoms with E-state index in [0.717, 1.165) is 19.0 Å². The van der Waals surface area contributed by atoms with Gasteiger partial charge in [-0.15, -0.1) is 0 Å². The van der Waals surface area contributed by atoms with Crippen LogP contribution in [0.25, 0.3) is 0 Å². The van der Waals surface area contributed by atoms with E-state index >= 15 is 0 Å². The molecule has 1 saturated heterocycles. The molecule has 2 unspecified atom stereocenters. The Morgan fingerprint density at radius 3 is 2.69 bits per heavy atom. The van der Waals surface area contributed by atoms with Crippen molar-refractivity contribution in [3.63, 3.8) is 0 Å². The van der Waals surface area contributed by atoms with Crippen molar-refractivity contribution in [2.45, 2.75) is 33.1 Å². The highest BCUT2D eigenvalue weighted by atomic mass is 16.3. The van der Waals surface area contributed by atoms with Crippen LogP contribution in [-0.4, -0.2) is 24.8 Å². The van der Waals surface area contributed by atoms with Gasteiger partial charge in [-0.3, -0.25) is 0 Å². The van der Waals surface area contributed by atoms with E-state index in [2.05, 4.69) is 19.2 Å². The molecule has 0 saturated carbocycles. The van der Waals surface area contributed by atoms with E-state index in [1.165, 1.54) is 19.3 Å². The van der Waals surface area contributed by atoms with Crippen LogP contribution in [0.4, 0.5) is 0 Å². The smallest absolute Gasteiger partial charge is 0.0464 e. The van der Waals surface area contributed by atoms with E-state index in [1.807, 2.05) is 0 Å². The minimum absolute atomic E-state index is 0.363. The fraction of sp³-hybridized carbons (Fsp3) is 1.00. The average molecular weight is 185 g/mol. The second kappa shape index (κ2) is 5.61. The van der Waals surface area contributed by atoms with Gasteiger partial charge in [-0.05, 0) is 50.1 Å². The first-order valence-electron chi connectivity index (χ1n) is 5.57. The Kier molecular flexibility index (Phi) is 4.74. The van der Waals surface area contributed by atoms with Crippen LogP contribution in [0.5, 0.6) is 0 Å². The van der Waals surface area contributed by atoms with Gasteiger partial charge in [-0.1, -0.05) is 13.8 Å². The molecule has 2 nitrogen and oxygen atoms in total. The molecule has 78 valence electrons. The van der Waals surface area contributed by atoms with Crippen molar-refractivity contribution in [1.29, 1.82) is 0 Å². The Hall–Kier alpha value is -0.0800. The largest absolute Gasteiger partial charge is 0.396 e. The van der Waals surface area contributed by atoms with Crippen LogP contribution in [0.2, 0.25) is 0 Å². The normalized spacial score (nSPS) is 27.2. The van der Waals surface area contributed by atoms with Crippen molar-refractivity contribution in [1.82, 2.24) is 5.32 Å². The zero-order chi connectivity index (χ0) is 9.68. The van der Waals surface area contributed by atoms with E-state index in [4.69, 9.17) is 0 Å². The van der Waals surface area contributed by atoms with Gasteiger partial charge in [0.2, 0.25) is 0 Å². The average Bonchev–Trinajstić information content (AvgIpc) is 2.33. The Bertz CT molecular complexity index is 128. The molecule has 1 rings (SSSR count). The summed E-state index contributed by atoms with van der Waals surface area (Å²) < 4.78 is 0. The molecule has 2 atom stereocenters. The molecule has 0 spiro atoms. The predicted molar refractivity (Wildman–Crippen MR) is 55.6 cm³/mol. The lowest BCUT2D eigenvalue weighted by Gasteiger charge is -2.27. The molecule has 0 aromatic carbocycles. The zero-order valence-corrected chi connectivity index (χ0v) is 8.92. The predicted octanol–water partition coefficient (Wildman–Crippen LogP) is 1.64. The third-order valence-corrected chi connectivity index (χ3v) is 3.29. The Labute approximate surface area is 81.7 Å². The van der Waals surface area contributed by atoms with Crippen molar-refractivity contribution < 1.29 is 5.11 Å². The molecule has 1 fully saturated rings. The van der Waals surface area contributed by atoms with Gasteiger partial charge in [0.05, 0.1) is 0 Å². The number of hydrogen-bond donors (Lipinski definition) is 2. The van der Waals surface area contributed by atoms with Gasteiger partial charge in [0.15, 0.2) is 0 Å². The van der Waals surface area contributed by atoms with E-state index in [-0.39, 0.29) is 0 Å². The highest BCUT2D eigenvalue weighted by Crippen LogP contribution is 2.28. The van der Waals surface area contributed by atoms with E-state index in [9.17, 15) is 5.11 Å². The molecule has 1 aliphatic heterocycles. The Morgan fingerprint density at radius 2 is 2.08 bits per heavy atom. The molecule has 0 radical (unpaired) electrons. The fourth-order valence-electron chi connectivity index (χ4n) is 2.38. The summed E-state index contributed by atoms with van der Waals surface area (Å²) in [5, 5.41) is 12.7. The number of rotatable bonds is 3. The van der Waals surface area contributed by atoms with Crippen LogP contribution in [0.15, 0.2) is 0 Å². The van der Waals surface area contributed by atoms with Crippen molar-refractivity contribution in [2.75, 3.05) is 19.7 Å². The van der Waals surface area contributed by atoms with Crippen LogP contribution in [-0.2, 0) is 0 Å². The second-order valence-electron chi connectivity index (χ2n) is 4.53. The first kappa shape index (κ1) is 11.0.